The third kappa shape index (κ3) is 19.9. The van der Waals surface area contributed by atoms with Gasteiger partial charge in [-0.15, -0.1) is 0 Å². The molecule has 0 radical (unpaired) electrons. The normalized spacial score (nSPS) is 23.0. The topological polar surface area (TPSA) is 395 Å². The molecule has 5 rings (SSSR count). The number of hydrogen-bond donors (Lipinski definition) is 12. The molecule has 414 valence electrons. The molecule has 2 saturated heterocycles. The first-order valence-electron chi connectivity index (χ1n) is 25.4. The molecule has 0 spiro atoms. The first kappa shape index (κ1) is 59.8. The molecule has 2 heterocycles. The number of phenols is 1. The zero-order valence-corrected chi connectivity index (χ0v) is 43.9. The van der Waals surface area contributed by atoms with E-state index in [1.165, 1.54) is 27.8 Å². The highest BCUT2D eigenvalue weighted by atomic mass is 33.1. The van der Waals surface area contributed by atoms with Crippen molar-refractivity contribution in [2.45, 2.75) is 132 Å². The van der Waals surface area contributed by atoms with E-state index in [1.807, 2.05) is 0 Å². The summed E-state index contributed by atoms with van der Waals surface area (Å²) in [6.45, 7) is -0.317. The summed E-state index contributed by atoms with van der Waals surface area (Å²) in [5.74, 6) is -7.85. The lowest BCUT2D eigenvalue weighted by Crippen LogP contribution is -2.61. The van der Waals surface area contributed by atoms with Crippen molar-refractivity contribution in [1.82, 2.24) is 42.1 Å². The fourth-order valence-electron chi connectivity index (χ4n) is 9.22. The number of benzene rings is 2. The van der Waals surface area contributed by atoms with Gasteiger partial charge < -0.3 is 70.2 Å². The molecular formula is C50H71N13O11S2. The number of phenolic OH excluding ortho intramolecular Hbond substituents is 1. The second kappa shape index (κ2) is 30.5. The molecule has 2 aliphatic heterocycles. The second-order valence-electron chi connectivity index (χ2n) is 19.1. The Labute approximate surface area is 448 Å². The van der Waals surface area contributed by atoms with Gasteiger partial charge in [-0.3, -0.25) is 52.9 Å². The van der Waals surface area contributed by atoms with Crippen LogP contribution < -0.4 is 60.2 Å². The molecule has 7 atom stereocenters. The molecule has 10 amide bonds. The minimum absolute atomic E-state index is 0.00755. The molecular weight excluding hydrogens is 1020 g/mol. The molecule has 0 bridgehead atoms. The highest BCUT2D eigenvalue weighted by Gasteiger charge is 2.41. The molecule has 26 heteroatoms. The van der Waals surface area contributed by atoms with E-state index in [4.69, 9.17) is 22.9 Å². The maximum Gasteiger partial charge on any atom is 0.246 e. The number of carbonyl (C=O) groups is 10. The third-order valence-electron chi connectivity index (χ3n) is 13.1. The molecule has 1 aliphatic carbocycles. The number of carbonyl (C=O) groups excluding carboxylic acids is 10. The van der Waals surface area contributed by atoms with Crippen LogP contribution in [0.2, 0.25) is 0 Å². The van der Waals surface area contributed by atoms with E-state index >= 15 is 0 Å². The number of aliphatic imine (C=N–C) groups is 1. The smallest absolute Gasteiger partial charge is 0.246 e. The highest BCUT2D eigenvalue weighted by molar-refractivity contribution is 8.76. The third-order valence-corrected chi connectivity index (χ3v) is 15.5. The summed E-state index contributed by atoms with van der Waals surface area (Å²) in [5, 5.41) is 28.7. The van der Waals surface area contributed by atoms with E-state index in [-0.39, 0.29) is 87.2 Å². The van der Waals surface area contributed by atoms with Crippen molar-refractivity contribution in [3.05, 3.63) is 65.7 Å². The Bertz CT molecular complexity index is 2390. The predicted octanol–water partition coefficient (Wildman–Crippen LogP) is -1.64. The fraction of sp³-hybridized carbons (Fsp3) is 0.540. The van der Waals surface area contributed by atoms with Crippen LogP contribution in [-0.2, 0) is 60.8 Å². The predicted molar refractivity (Wildman–Crippen MR) is 285 cm³/mol. The van der Waals surface area contributed by atoms with Gasteiger partial charge in [0.15, 0.2) is 5.96 Å². The number of aromatic hydroxyl groups is 1. The quantitative estimate of drug-likeness (QED) is 0.0345. The van der Waals surface area contributed by atoms with Crippen molar-refractivity contribution in [3.63, 3.8) is 0 Å². The van der Waals surface area contributed by atoms with Crippen LogP contribution in [0.3, 0.4) is 0 Å². The summed E-state index contributed by atoms with van der Waals surface area (Å²) in [6.07, 6.45) is 4.39. The summed E-state index contributed by atoms with van der Waals surface area (Å²) in [7, 11) is 2.29. The molecule has 7 unspecified atom stereocenters. The van der Waals surface area contributed by atoms with Crippen molar-refractivity contribution in [3.8, 4) is 5.75 Å². The van der Waals surface area contributed by atoms with Crippen molar-refractivity contribution in [2.75, 3.05) is 31.1 Å². The SMILES string of the molecule is NC(=O)CNC(=O)C(CCCN=C(N)N)NC(=O)C1CCCN1C(=O)C1CSSCCC(=O)NC(Cc2ccc(O)cc2)C(=O)NC(Cc2ccccc2)C(=O)NC(CC2CCCCC2)C(=O)NC(CC(N)=O)C(=O)N1. The number of nitrogens with two attached hydrogens (primary N) is 4. The number of nitrogens with one attached hydrogen (secondary N) is 7. The number of nitrogens with zero attached hydrogens (tertiary/aromatic N) is 2. The Kier molecular flexibility index (Phi) is 24.0. The molecule has 0 aromatic heterocycles. The monoisotopic (exact) mass is 1090 g/mol. The minimum atomic E-state index is -1.64. The van der Waals surface area contributed by atoms with E-state index in [1.54, 1.807) is 42.5 Å². The second-order valence-corrected chi connectivity index (χ2v) is 21.7. The Morgan fingerprint density at radius 1 is 0.711 bits per heavy atom. The maximum absolute atomic E-state index is 14.7. The van der Waals surface area contributed by atoms with Crippen molar-refractivity contribution < 1.29 is 53.1 Å². The average Bonchev–Trinajstić information content (AvgIpc) is 3.88. The number of primary amides is 2. The molecule has 76 heavy (non-hydrogen) atoms. The number of guanidine groups is 1. The van der Waals surface area contributed by atoms with Crippen LogP contribution in [0.1, 0.15) is 88.2 Å². The van der Waals surface area contributed by atoms with Crippen LogP contribution in [0.5, 0.6) is 5.75 Å². The number of rotatable bonds is 18. The lowest BCUT2D eigenvalue weighted by atomic mass is 9.84. The number of amides is 10. The Hall–Kier alpha value is -7.09. The molecule has 1 saturated carbocycles. The fourth-order valence-corrected chi connectivity index (χ4v) is 11.4. The van der Waals surface area contributed by atoms with Gasteiger partial charge >= 0.3 is 0 Å². The maximum atomic E-state index is 14.7. The van der Waals surface area contributed by atoms with Gasteiger partial charge in [0, 0.05) is 43.9 Å². The summed E-state index contributed by atoms with van der Waals surface area (Å²) in [6, 6.07) is 5.83. The average molecular weight is 1090 g/mol. The highest BCUT2D eigenvalue weighted by Crippen LogP contribution is 2.29. The van der Waals surface area contributed by atoms with Gasteiger partial charge in [-0.25, -0.2) is 0 Å². The van der Waals surface area contributed by atoms with Crippen LogP contribution in [0.4, 0.5) is 0 Å². The molecule has 2 aromatic carbocycles. The van der Waals surface area contributed by atoms with Gasteiger partial charge in [-0.1, -0.05) is 96.2 Å². The minimum Gasteiger partial charge on any atom is -0.508 e. The standard InChI is InChI=1S/C50H71N13O11S2/c51-40(65)26-37-47(72)62-38(49(74)63-21-8-14-39(63)48(73)58-33(13-7-20-55-50(53)54)43(68)56-27-41(52)66)28-76-75-22-19-42(67)57-34(25-31-15-17-32(64)18-16-31)44(69)59-35(23-29-9-3-1-4-10-29)45(70)60-36(46(71)61-37)24-30-11-5-2-6-12-30/h1,3-4,9-10,15-18,30,33-39,64H,2,5-8,11-14,19-28H2,(H2,51,65)(H2,52,66)(H,56,68)(H,57,67)(H,58,73)(H,59,69)(H,60,70)(H,61,71)(H,62,72)(H4,53,54,55). The number of likely N-dealkylation sites (tertiary alicyclic amines) is 1. The Morgan fingerprint density at radius 2 is 1.33 bits per heavy atom. The molecule has 3 fully saturated rings. The first-order valence-corrected chi connectivity index (χ1v) is 27.9. The molecule has 2 aromatic rings. The Morgan fingerprint density at radius 3 is 1.99 bits per heavy atom. The van der Waals surface area contributed by atoms with Gasteiger partial charge in [0.1, 0.15) is 48.0 Å². The van der Waals surface area contributed by atoms with Gasteiger partial charge in [-0.05, 0) is 61.3 Å². The van der Waals surface area contributed by atoms with E-state index in [0.717, 1.165) is 42.9 Å². The van der Waals surface area contributed by atoms with E-state index in [9.17, 15) is 53.1 Å². The van der Waals surface area contributed by atoms with Gasteiger partial charge in [0.05, 0.1) is 13.0 Å². The summed E-state index contributed by atoms with van der Waals surface area (Å²) in [4.78, 5) is 143. The first-order chi connectivity index (χ1) is 36.4. The Balaban J connectivity index is 1.46. The van der Waals surface area contributed by atoms with Crippen molar-refractivity contribution >= 4 is 86.6 Å². The molecule has 16 N–H and O–H groups in total. The van der Waals surface area contributed by atoms with E-state index in [2.05, 4.69) is 42.2 Å². The zero-order valence-electron chi connectivity index (χ0n) is 42.3. The van der Waals surface area contributed by atoms with Crippen LogP contribution in [-0.4, -0.2) is 148 Å². The lowest BCUT2D eigenvalue weighted by Gasteiger charge is -2.31. The van der Waals surface area contributed by atoms with E-state index < -0.39 is 114 Å². The summed E-state index contributed by atoms with van der Waals surface area (Å²) < 4.78 is 0. The lowest BCUT2D eigenvalue weighted by molar-refractivity contribution is -0.142. The molecule has 24 nitrogen and oxygen atoms in total. The van der Waals surface area contributed by atoms with Gasteiger partial charge in [0.2, 0.25) is 59.1 Å². The van der Waals surface area contributed by atoms with E-state index in [0.29, 0.717) is 17.5 Å². The summed E-state index contributed by atoms with van der Waals surface area (Å²) in [5.41, 5.74) is 23.0. The number of hydrogen-bond acceptors (Lipinski definition) is 14. The summed E-state index contributed by atoms with van der Waals surface area (Å²) >= 11 is 0. The van der Waals surface area contributed by atoms with Gasteiger partial charge in [0.25, 0.3) is 0 Å². The van der Waals surface area contributed by atoms with Crippen LogP contribution in [0.25, 0.3) is 0 Å². The van der Waals surface area contributed by atoms with Gasteiger partial charge in [-0.2, -0.15) is 0 Å². The van der Waals surface area contributed by atoms with Crippen molar-refractivity contribution in [1.29, 1.82) is 0 Å². The zero-order chi connectivity index (χ0) is 55.1. The van der Waals surface area contributed by atoms with Crippen LogP contribution >= 0.6 is 21.6 Å². The van der Waals surface area contributed by atoms with Crippen LogP contribution in [0, 0.1) is 5.92 Å². The largest absolute Gasteiger partial charge is 0.508 e. The van der Waals surface area contributed by atoms with Crippen LogP contribution in [0.15, 0.2) is 59.6 Å². The molecule has 3 aliphatic rings. The van der Waals surface area contributed by atoms with Crippen molar-refractivity contribution in [2.24, 2.45) is 33.8 Å².